The second-order valence-corrected chi connectivity index (χ2v) is 5.29. The van der Waals surface area contributed by atoms with Gasteiger partial charge in [0.15, 0.2) is 0 Å². The van der Waals surface area contributed by atoms with Crippen molar-refractivity contribution >= 4 is 0 Å². The van der Waals surface area contributed by atoms with Gasteiger partial charge in [0.2, 0.25) is 0 Å². The molecule has 1 aliphatic carbocycles. The molecule has 1 N–H and O–H groups in total. The fourth-order valence-electron chi connectivity index (χ4n) is 2.89. The van der Waals surface area contributed by atoms with E-state index in [2.05, 4.69) is 23.9 Å². The Balaban J connectivity index is 2.01. The molecule has 0 radical (unpaired) electrons. The standard InChI is InChI=1S/C12H18N2O2/c1-7(2)11-10-9(12(15)16-13-10)5-6-14(11)8-3-4-8/h7-8,11,13H,3-6H2,1-2H3. The molecule has 1 aromatic rings. The number of nitrogens with zero attached hydrogens (tertiary/aromatic N) is 1. The summed E-state index contributed by atoms with van der Waals surface area (Å²) in [5.41, 5.74) is 1.73. The largest absolute Gasteiger partial charge is 0.360 e. The SMILES string of the molecule is CC(C)C1c2[nH]oc(=O)c2CCN1C1CC1. The molecular weight excluding hydrogens is 204 g/mol. The molecule has 1 saturated carbocycles. The van der Waals surface area contributed by atoms with Crippen molar-refractivity contribution in [3.8, 4) is 0 Å². The molecule has 88 valence electrons. The number of aromatic nitrogens is 1. The Bertz CT molecular complexity index is 442. The first-order valence-corrected chi connectivity index (χ1v) is 6.14. The Kier molecular flexibility index (Phi) is 2.21. The second-order valence-electron chi connectivity index (χ2n) is 5.29. The van der Waals surface area contributed by atoms with Crippen molar-refractivity contribution < 1.29 is 4.52 Å². The summed E-state index contributed by atoms with van der Waals surface area (Å²) in [4.78, 5) is 14.0. The highest BCUT2D eigenvalue weighted by Gasteiger charge is 2.40. The third-order valence-electron chi connectivity index (χ3n) is 3.75. The summed E-state index contributed by atoms with van der Waals surface area (Å²) < 4.78 is 4.94. The molecule has 0 aromatic carbocycles. The van der Waals surface area contributed by atoms with Crippen LogP contribution >= 0.6 is 0 Å². The van der Waals surface area contributed by atoms with Gasteiger partial charge in [-0.15, -0.1) is 0 Å². The zero-order valence-corrected chi connectivity index (χ0v) is 9.82. The summed E-state index contributed by atoms with van der Waals surface area (Å²) in [5.74, 6) is 0.507. The molecule has 2 aliphatic rings. The number of aromatic amines is 1. The molecule has 1 unspecified atom stereocenters. The third kappa shape index (κ3) is 1.44. The molecule has 1 aliphatic heterocycles. The lowest BCUT2D eigenvalue weighted by atomic mass is 9.91. The van der Waals surface area contributed by atoms with Crippen LogP contribution in [0.15, 0.2) is 9.32 Å². The third-order valence-corrected chi connectivity index (χ3v) is 3.75. The number of hydrogen-bond donors (Lipinski definition) is 1. The summed E-state index contributed by atoms with van der Waals surface area (Å²) in [6.07, 6.45) is 3.45. The highest BCUT2D eigenvalue weighted by Crippen LogP contribution is 2.40. The lowest BCUT2D eigenvalue weighted by Gasteiger charge is -2.37. The monoisotopic (exact) mass is 222 g/mol. The highest BCUT2D eigenvalue weighted by molar-refractivity contribution is 5.23. The minimum absolute atomic E-state index is 0.170. The molecule has 3 rings (SSSR count). The number of nitrogens with one attached hydrogen (secondary N) is 1. The molecule has 0 spiro atoms. The van der Waals surface area contributed by atoms with Gasteiger partial charge in [-0.2, -0.15) is 0 Å². The van der Waals surface area contributed by atoms with Gasteiger partial charge in [0.1, 0.15) is 0 Å². The van der Waals surface area contributed by atoms with Crippen LogP contribution in [0.2, 0.25) is 0 Å². The van der Waals surface area contributed by atoms with Crippen LogP contribution in [0.4, 0.5) is 0 Å². The fourth-order valence-corrected chi connectivity index (χ4v) is 2.89. The van der Waals surface area contributed by atoms with Gasteiger partial charge in [0.05, 0.1) is 17.3 Å². The molecule has 0 saturated heterocycles. The van der Waals surface area contributed by atoms with Crippen LogP contribution in [0.1, 0.15) is 44.0 Å². The zero-order chi connectivity index (χ0) is 11.3. The van der Waals surface area contributed by atoms with Crippen LogP contribution in [0, 0.1) is 5.92 Å². The van der Waals surface area contributed by atoms with Crippen LogP contribution in [0.5, 0.6) is 0 Å². The van der Waals surface area contributed by atoms with Gasteiger partial charge in [-0.1, -0.05) is 13.8 Å². The van der Waals surface area contributed by atoms with E-state index in [0.29, 0.717) is 12.0 Å². The Hall–Kier alpha value is -1.03. The van der Waals surface area contributed by atoms with E-state index >= 15 is 0 Å². The van der Waals surface area contributed by atoms with E-state index in [1.54, 1.807) is 0 Å². The average Bonchev–Trinajstić information content (AvgIpc) is 3.03. The van der Waals surface area contributed by atoms with Gasteiger partial charge >= 0.3 is 5.63 Å². The second kappa shape index (κ2) is 3.48. The lowest BCUT2D eigenvalue weighted by Crippen LogP contribution is -2.40. The number of hydrogen-bond acceptors (Lipinski definition) is 3. The topological polar surface area (TPSA) is 49.2 Å². The molecular formula is C12H18N2O2. The Morgan fingerprint density at radius 1 is 1.44 bits per heavy atom. The van der Waals surface area contributed by atoms with Crippen LogP contribution < -0.4 is 5.63 Å². The van der Waals surface area contributed by atoms with Gasteiger partial charge < -0.3 is 4.52 Å². The number of fused-ring (bicyclic) bond motifs is 1. The van der Waals surface area contributed by atoms with Crippen molar-refractivity contribution in [1.29, 1.82) is 0 Å². The van der Waals surface area contributed by atoms with Crippen molar-refractivity contribution in [2.24, 2.45) is 5.92 Å². The van der Waals surface area contributed by atoms with E-state index in [9.17, 15) is 4.79 Å². The van der Waals surface area contributed by atoms with Crippen molar-refractivity contribution in [3.63, 3.8) is 0 Å². The maximum atomic E-state index is 11.5. The number of rotatable bonds is 2. The first kappa shape index (κ1) is 10.1. The van der Waals surface area contributed by atoms with E-state index in [0.717, 1.165) is 30.3 Å². The summed E-state index contributed by atoms with van der Waals surface area (Å²) in [5, 5.41) is 2.84. The predicted molar refractivity (Wildman–Crippen MR) is 60.3 cm³/mol. The maximum absolute atomic E-state index is 11.5. The fraction of sp³-hybridized carbons (Fsp3) is 0.750. The van der Waals surface area contributed by atoms with Gasteiger partial charge in [0, 0.05) is 12.6 Å². The van der Waals surface area contributed by atoms with E-state index in [1.807, 2.05) is 0 Å². The molecule has 1 atom stereocenters. The molecule has 2 heterocycles. The van der Waals surface area contributed by atoms with Crippen LogP contribution in [-0.2, 0) is 6.42 Å². The van der Waals surface area contributed by atoms with Gasteiger partial charge in [-0.3, -0.25) is 4.90 Å². The van der Waals surface area contributed by atoms with Gasteiger partial charge in [0.25, 0.3) is 0 Å². The molecule has 1 fully saturated rings. The van der Waals surface area contributed by atoms with Crippen molar-refractivity contribution in [1.82, 2.24) is 10.1 Å². The average molecular weight is 222 g/mol. The summed E-state index contributed by atoms with van der Waals surface area (Å²) >= 11 is 0. The van der Waals surface area contributed by atoms with Crippen LogP contribution in [0.25, 0.3) is 0 Å². The van der Waals surface area contributed by atoms with Gasteiger partial charge in [-0.05, 0) is 25.2 Å². The van der Waals surface area contributed by atoms with E-state index in [4.69, 9.17) is 4.52 Å². The van der Waals surface area contributed by atoms with Crippen molar-refractivity contribution in [2.45, 2.75) is 45.2 Å². The predicted octanol–water partition coefficient (Wildman–Crippen LogP) is 1.69. The van der Waals surface area contributed by atoms with Crippen LogP contribution in [0.3, 0.4) is 0 Å². The first-order valence-electron chi connectivity index (χ1n) is 6.14. The first-order chi connectivity index (χ1) is 7.68. The lowest BCUT2D eigenvalue weighted by molar-refractivity contribution is 0.129. The van der Waals surface area contributed by atoms with E-state index < -0.39 is 0 Å². The minimum atomic E-state index is -0.170. The van der Waals surface area contributed by atoms with Crippen molar-refractivity contribution in [2.75, 3.05) is 6.54 Å². The Labute approximate surface area is 94.6 Å². The van der Waals surface area contributed by atoms with Gasteiger partial charge in [-0.25, -0.2) is 9.95 Å². The molecule has 1 aromatic heterocycles. The molecule has 4 heteroatoms. The normalized spacial score (nSPS) is 26.1. The summed E-state index contributed by atoms with van der Waals surface area (Å²) in [7, 11) is 0. The molecule has 16 heavy (non-hydrogen) atoms. The molecule has 4 nitrogen and oxygen atoms in total. The van der Waals surface area contributed by atoms with Crippen LogP contribution in [-0.4, -0.2) is 22.6 Å². The maximum Gasteiger partial charge on any atom is 0.360 e. The van der Waals surface area contributed by atoms with E-state index in [1.165, 1.54) is 12.8 Å². The highest BCUT2D eigenvalue weighted by atomic mass is 16.5. The molecule has 0 bridgehead atoms. The number of H-pyrrole nitrogens is 1. The minimum Gasteiger partial charge on any atom is -0.338 e. The Morgan fingerprint density at radius 2 is 2.19 bits per heavy atom. The smallest absolute Gasteiger partial charge is 0.338 e. The zero-order valence-electron chi connectivity index (χ0n) is 9.82. The van der Waals surface area contributed by atoms with E-state index in [-0.39, 0.29) is 5.63 Å². The summed E-state index contributed by atoms with van der Waals surface area (Å²) in [6.45, 7) is 5.42. The van der Waals surface area contributed by atoms with Crippen molar-refractivity contribution in [3.05, 3.63) is 21.7 Å². The summed E-state index contributed by atoms with van der Waals surface area (Å²) in [6, 6.07) is 1.07. The molecule has 0 amide bonds. The Morgan fingerprint density at radius 3 is 2.81 bits per heavy atom. The quantitative estimate of drug-likeness (QED) is 0.828.